The topological polar surface area (TPSA) is 44.0 Å². The minimum absolute atomic E-state index is 0.426. The third-order valence-electron chi connectivity index (χ3n) is 3.85. The number of hydrogen-bond donors (Lipinski definition) is 1. The third kappa shape index (κ3) is 4.52. The Bertz CT molecular complexity index is 241. The fourth-order valence-corrected chi connectivity index (χ4v) is 3.35. The van der Waals surface area contributed by atoms with E-state index < -0.39 is 11.5 Å². The van der Waals surface area contributed by atoms with Gasteiger partial charge in [0.25, 0.3) is 0 Å². The summed E-state index contributed by atoms with van der Waals surface area (Å²) in [5.74, 6) is 2.06. The molecule has 98 valence electrons. The van der Waals surface area contributed by atoms with E-state index in [1.54, 1.807) is 0 Å². The van der Waals surface area contributed by atoms with Crippen molar-refractivity contribution in [3.63, 3.8) is 0 Å². The molecule has 0 saturated heterocycles. The molecule has 0 aromatic carbocycles. The standard InChI is InChI=1S/C14H25NOS/c1-2-17-11-8-13(16)14(12-15)9-6-4-3-5-7-10-14/h13,16H,2-11H2,1H3. The molecule has 1 N–H and O–H groups in total. The molecule has 17 heavy (non-hydrogen) atoms. The first-order valence-corrected chi connectivity index (χ1v) is 8.07. The number of thioether (sulfide) groups is 1. The van der Waals surface area contributed by atoms with Crippen LogP contribution in [0.3, 0.4) is 0 Å². The van der Waals surface area contributed by atoms with Crippen molar-refractivity contribution in [3.05, 3.63) is 0 Å². The van der Waals surface area contributed by atoms with E-state index in [2.05, 4.69) is 13.0 Å². The largest absolute Gasteiger partial charge is 0.391 e. The first-order valence-electron chi connectivity index (χ1n) is 6.92. The van der Waals surface area contributed by atoms with Gasteiger partial charge in [0.15, 0.2) is 0 Å². The van der Waals surface area contributed by atoms with Crippen LogP contribution in [0.5, 0.6) is 0 Å². The number of aliphatic hydroxyl groups is 1. The number of rotatable bonds is 5. The maximum atomic E-state index is 10.3. The molecule has 0 amide bonds. The van der Waals surface area contributed by atoms with E-state index in [0.29, 0.717) is 0 Å². The maximum Gasteiger partial charge on any atom is 0.0832 e. The summed E-state index contributed by atoms with van der Waals surface area (Å²) >= 11 is 1.85. The Morgan fingerprint density at radius 1 is 1.24 bits per heavy atom. The monoisotopic (exact) mass is 255 g/mol. The van der Waals surface area contributed by atoms with E-state index in [1.807, 2.05) is 11.8 Å². The van der Waals surface area contributed by atoms with Crippen LogP contribution in [0, 0.1) is 16.7 Å². The maximum absolute atomic E-state index is 10.3. The number of nitrogens with zero attached hydrogens (tertiary/aromatic N) is 1. The average Bonchev–Trinajstić information content (AvgIpc) is 2.30. The van der Waals surface area contributed by atoms with E-state index in [4.69, 9.17) is 0 Å². The van der Waals surface area contributed by atoms with Crippen LogP contribution in [0.25, 0.3) is 0 Å². The Labute approximate surface area is 110 Å². The van der Waals surface area contributed by atoms with Crippen molar-refractivity contribution < 1.29 is 5.11 Å². The van der Waals surface area contributed by atoms with Crippen molar-refractivity contribution in [2.45, 2.75) is 64.4 Å². The van der Waals surface area contributed by atoms with Crippen LogP contribution >= 0.6 is 11.8 Å². The van der Waals surface area contributed by atoms with Gasteiger partial charge < -0.3 is 5.11 Å². The average molecular weight is 255 g/mol. The zero-order chi connectivity index (χ0) is 12.6. The van der Waals surface area contributed by atoms with Gasteiger partial charge in [-0.15, -0.1) is 0 Å². The lowest BCUT2D eigenvalue weighted by Gasteiger charge is -2.33. The molecule has 3 heteroatoms. The molecule has 2 nitrogen and oxygen atoms in total. The van der Waals surface area contributed by atoms with E-state index in [0.717, 1.165) is 43.6 Å². The van der Waals surface area contributed by atoms with Crippen LogP contribution in [0.1, 0.15) is 58.3 Å². The van der Waals surface area contributed by atoms with Gasteiger partial charge >= 0.3 is 0 Å². The Balaban J connectivity index is 2.54. The second-order valence-corrected chi connectivity index (χ2v) is 6.43. The quantitative estimate of drug-likeness (QED) is 0.761. The molecule has 0 spiro atoms. The molecular weight excluding hydrogens is 230 g/mol. The van der Waals surface area contributed by atoms with Gasteiger partial charge in [0.2, 0.25) is 0 Å². The van der Waals surface area contributed by atoms with Crippen molar-refractivity contribution in [1.29, 1.82) is 5.26 Å². The normalized spacial score (nSPS) is 22.2. The van der Waals surface area contributed by atoms with E-state index >= 15 is 0 Å². The molecule has 0 heterocycles. The summed E-state index contributed by atoms with van der Waals surface area (Å²) in [5, 5.41) is 19.8. The van der Waals surface area contributed by atoms with Gasteiger partial charge in [-0.2, -0.15) is 17.0 Å². The Kier molecular flexibility index (Phi) is 6.99. The van der Waals surface area contributed by atoms with Gasteiger partial charge in [0.05, 0.1) is 17.6 Å². The number of hydrogen-bond acceptors (Lipinski definition) is 3. The summed E-state index contributed by atoms with van der Waals surface area (Å²) in [4.78, 5) is 0. The molecule has 1 aliphatic carbocycles. The lowest BCUT2D eigenvalue weighted by Crippen LogP contribution is -2.35. The molecule has 1 atom stereocenters. The highest BCUT2D eigenvalue weighted by molar-refractivity contribution is 7.99. The summed E-state index contributed by atoms with van der Waals surface area (Å²) in [6, 6.07) is 2.45. The first kappa shape index (κ1) is 14.9. The fraction of sp³-hybridized carbons (Fsp3) is 0.929. The molecule has 1 unspecified atom stereocenters. The molecule has 1 aliphatic rings. The molecule has 1 rings (SSSR count). The van der Waals surface area contributed by atoms with Crippen LogP contribution in [0.15, 0.2) is 0 Å². The van der Waals surface area contributed by atoms with E-state index in [9.17, 15) is 10.4 Å². The second-order valence-electron chi connectivity index (χ2n) is 5.04. The number of aliphatic hydroxyl groups excluding tert-OH is 1. The SMILES string of the molecule is CCSCCC(O)C1(C#N)CCCCCCC1. The highest BCUT2D eigenvalue weighted by Crippen LogP contribution is 2.38. The summed E-state index contributed by atoms with van der Waals surface area (Å²) in [6.07, 6.45) is 8.07. The van der Waals surface area contributed by atoms with Gasteiger partial charge in [-0.25, -0.2) is 0 Å². The summed E-state index contributed by atoms with van der Waals surface area (Å²) in [7, 11) is 0. The van der Waals surface area contributed by atoms with E-state index in [1.165, 1.54) is 19.3 Å². The summed E-state index contributed by atoms with van der Waals surface area (Å²) < 4.78 is 0. The zero-order valence-electron chi connectivity index (χ0n) is 11.0. The third-order valence-corrected chi connectivity index (χ3v) is 4.78. The molecule has 0 aromatic heterocycles. The van der Waals surface area contributed by atoms with Gasteiger partial charge in [0, 0.05) is 0 Å². The van der Waals surface area contributed by atoms with Crippen molar-refractivity contribution in [1.82, 2.24) is 0 Å². The van der Waals surface area contributed by atoms with Gasteiger partial charge in [-0.05, 0) is 30.8 Å². The van der Waals surface area contributed by atoms with Crippen molar-refractivity contribution >= 4 is 11.8 Å². The van der Waals surface area contributed by atoms with Gasteiger partial charge in [-0.1, -0.05) is 39.0 Å². The smallest absolute Gasteiger partial charge is 0.0832 e. The van der Waals surface area contributed by atoms with Crippen LogP contribution < -0.4 is 0 Å². The molecule has 0 radical (unpaired) electrons. The van der Waals surface area contributed by atoms with Crippen molar-refractivity contribution in [3.8, 4) is 6.07 Å². The second kappa shape index (κ2) is 8.00. The van der Waals surface area contributed by atoms with Crippen LogP contribution in [0.4, 0.5) is 0 Å². The predicted octanol–water partition coefficient (Wildman–Crippen LogP) is 3.74. The Hall–Kier alpha value is -0.200. The molecule has 1 saturated carbocycles. The molecule has 0 bridgehead atoms. The minimum atomic E-state index is -0.450. The number of nitriles is 1. The Morgan fingerprint density at radius 2 is 1.82 bits per heavy atom. The minimum Gasteiger partial charge on any atom is -0.391 e. The lowest BCUT2D eigenvalue weighted by atomic mass is 9.72. The highest BCUT2D eigenvalue weighted by Gasteiger charge is 2.37. The molecular formula is C14H25NOS. The molecule has 1 fully saturated rings. The zero-order valence-corrected chi connectivity index (χ0v) is 11.8. The summed E-state index contributed by atoms with van der Waals surface area (Å²) in [5.41, 5.74) is -0.450. The highest BCUT2D eigenvalue weighted by atomic mass is 32.2. The van der Waals surface area contributed by atoms with Gasteiger partial charge in [0.1, 0.15) is 0 Å². The molecule has 0 aromatic rings. The van der Waals surface area contributed by atoms with Crippen molar-refractivity contribution in [2.75, 3.05) is 11.5 Å². The van der Waals surface area contributed by atoms with E-state index in [-0.39, 0.29) is 0 Å². The lowest BCUT2D eigenvalue weighted by molar-refractivity contribution is 0.0426. The van der Waals surface area contributed by atoms with Crippen LogP contribution in [-0.2, 0) is 0 Å². The Morgan fingerprint density at radius 3 is 2.35 bits per heavy atom. The predicted molar refractivity (Wildman–Crippen MR) is 74.0 cm³/mol. The van der Waals surface area contributed by atoms with Gasteiger partial charge in [-0.3, -0.25) is 0 Å². The molecule has 0 aliphatic heterocycles. The summed E-state index contributed by atoms with van der Waals surface area (Å²) in [6.45, 7) is 2.13. The van der Waals surface area contributed by atoms with Crippen LogP contribution in [0.2, 0.25) is 0 Å². The van der Waals surface area contributed by atoms with Crippen molar-refractivity contribution in [2.24, 2.45) is 5.41 Å². The first-order chi connectivity index (χ1) is 8.25. The fourth-order valence-electron chi connectivity index (χ4n) is 2.67. The van der Waals surface area contributed by atoms with Crippen LogP contribution in [-0.4, -0.2) is 22.7 Å².